The normalized spacial score (nSPS) is 25.5. The number of likely N-dealkylation sites (N-methyl/N-ethyl adjacent to an activating group) is 3. The first-order valence-electron chi connectivity index (χ1n) is 7.25. The van der Waals surface area contributed by atoms with E-state index in [-0.39, 0.29) is 11.4 Å². The highest BCUT2D eigenvalue weighted by Gasteiger charge is 2.37. The van der Waals surface area contributed by atoms with Crippen LogP contribution >= 0.6 is 12.2 Å². The van der Waals surface area contributed by atoms with E-state index in [2.05, 4.69) is 25.7 Å². The standard InChI is InChI=1S/C15H23N3O2S/c1-6-17-13(19)11(16(5)14(17)21)8-9-12-18(7-2)15(3,4)10-20-12/h8-9H,6-7,10H2,1-5H3/b11-8+,12-9-. The first kappa shape index (κ1) is 15.8. The van der Waals surface area contributed by atoms with Crippen molar-refractivity contribution in [1.29, 1.82) is 0 Å². The lowest BCUT2D eigenvalue weighted by Gasteiger charge is -2.29. The second-order valence-corrected chi connectivity index (χ2v) is 6.16. The van der Waals surface area contributed by atoms with Crippen LogP contribution in [0.5, 0.6) is 0 Å². The van der Waals surface area contributed by atoms with Crippen LogP contribution in [0.25, 0.3) is 0 Å². The maximum atomic E-state index is 12.3. The Morgan fingerprint density at radius 1 is 1.29 bits per heavy atom. The van der Waals surface area contributed by atoms with Crippen molar-refractivity contribution in [2.24, 2.45) is 0 Å². The highest BCUT2D eigenvalue weighted by Crippen LogP contribution is 2.29. The molecule has 0 aliphatic carbocycles. The van der Waals surface area contributed by atoms with Gasteiger partial charge in [-0.15, -0.1) is 0 Å². The molecule has 0 aromatic heterocycles. The van der Waals surface area contributed by atoms with Gasteiger partial charge in [-0.1, -0.05) is 0 Å². The molecule has 0 unspecified atom stereocenters. The molecule has 116 valence electrons. The van der Waals surface area contributed by atoms with E-state index in [1.54, 1.807) is 15.9 Å². The van der Waals surface area contributed by atoms with Crippen molar-refractivity contribution < 1.29 is 9.53 Å². The van der Waals surface area contributed by atoms with Crippen LogP contribution in [0.1, 0.15) is 27.7 Å². The zero-order valence-electron chi connectivity index (χ0n) is 13.3. The lowest BCUT2D eigenvalue weighted by Crippen LogP contribution is -2.39. The molecule has 0 N–H and O–H groups in total. The van der Waals surface area contributed by atoms with E-state index in [4.69, 9.17) is 17.0 Å². The Labute approximate surface area is 131 Å². The molecule has 0 aromatic rings. The second kappa shape index (κ2) is 5.67. The van der Waals surface area contributed by atoms with Gasteiger partial charge in [-0.25, -0.2) is 0 Å². The number of amides is 1. The molecule has 2 rings (SSSR count). The fraction of sp³-hybridized carbons (Fsp3) is 0.600. The van der Waals surface area contributed by atoms with Gasteiger partial charge in [0.05, 0.1) is 5.54 Å². The van der Waals surface area contributed by atoms with Crippen LogP contribution in [0.4, 0.5) is 0 Å². The average molecular weight is 309 g/mol. The number of ether oxygens (including phenoxy) is 1. The predicted octanol–water partition coefficient (Wildman–Crippen LogP) is 1.92. The SMILES string of the molecule is CCN1C(=O)/C(=C\C=C2/OCC(C)(C)N2CC)N(C)C1=S. The summed E-state index contributed by atoms with van der Waals surface area (Å²) in [6, 6.07) is 0. The molecule has 0 saturated carbocycles. The van der Waals surface area contributed by atoms with Crippen LogP contribution < -0.4 is 0 Å². The van der Waals surface area contributed by atoms with E-state index in [1.807, 2.05) is 20.0 Å². The van der Waals surface area contributed by atoms with E-state index in [0.29, 0.717) is 24.0 Å². The molecule has 0 atom stereocenters. The van der Waals surface area contributed by atoms with Gasteiger partial charge in [0.15, 0.2) is 11.0 Å². The van der Waals surface area contributed by atoms with E-state index >= 15 is 0 Å². The largest absolute Gasteiger partial charge is 0.477 e. The lowest BCUT2D eigenvalue weighted by molar-refractivity contribution is -0.122. The molecule has 21 heavy (non-hydrogen) atoms. The van der Waals surface area contributed by atoms with Crippen molar-refractivity contribution in [2.45, 2.75) is 33.2 Å². The lowest BCUT2D eigenvalue weighted by atomic mass is 10.1. The summed E-state index contributed by atoms with van der Waals surface area (Å²) in [6.45, 7) is 10.4. The summed E-state index contributed by atoms with van der Waals surface area (Å²) in [5.74, 6) is 0.749. The first-order chi connectivity index (χ1) is 9.83. The summed E-state index contributed by atoms with van der Waals surface area (Å²) in [5.41, 5.74) is 0.564. The zero-order valence-corrected chi connectivity index (χ0v) is 14.2. The number of allylic oxidation sites excluding steroid dienone is 2. The number of thiocarbonyl (C=S) groups is 1. The number of nitrogens with zero attached hydrogens (tertiary/aromatic N) is 3. The summed E-state index contributed by atoms with van der Waals surface area (Å²) in [5, 5.41) is 0.548. The fourth-order valence-electron chi connectivity index (χ4n) is 2.69. The molecule has 2 heterocycles. The van der Waals surface area contributed by atoms with Gasteiger partial charge in [0.25, 0.3) is 5.91 Å². The molecule has 2 aliphatic rings. The maximum Gasteiger partial charge on any atom is 0.276 e. The van der Waals surface area contributed by atoms with Gasteiger partial charge in [-0.2, -0.15) is 0 Å². The Kier molecular flexibility index (Phi) is 4.27. The molecule has 0 bridgehead atoms. The minimum absolute atomic E-state index is 0.0184. The van der Waals surface area contributed by atoms with Gasteiger partial charge >= 0.3 is 0 Å². The van der Waals surface area contributed by atoms with Crippen LogP contribution in [-0.4, -0.2) is 58.0 Å². The highest BCUT2D eigenvalue weighted by molar-refractivity contribution is 7.80. The summed E-state index contributed by atoms with van der Waals surface area (Å²) < 4.78 is 5.75. The van der Waals surface area contributed by atoms with Gasteiger partial charge in [-0.3, -0.25) is 9.69 Å². The molecule has 0 spiro atoms. The monoisotopic (exact) mass is 309 g/mol. The van der Waals surface area contributed by atoms with Gasteiger partial charge in [-0.05, 0) is 46.0 Å². The predicted molar refractivity (Wildman–Crippen MR) is 86.3 cm³/mol. The topological polar surface area (TPSA) is 36.0 Å². The van der Waals surface area contributed by atoms with Crippen molar-refractivity contribution in [3.05, 3.63) is 23.7 Å². The van der Waals surface area contributed by atoms with Crippen molar-refractivity contribution in [2.75, 3.05) is 26.7 Å². The van der Waals surface area contributed by atoms with Crippen LogP contribution in [-0.2, 0) is 9.53 Å². The Hall–Kier alpha value is -1.56. The first-order valence-corrected chi connectivity index (χ1v) is 7.66. The molecule has 0 radical (unpaired) electrons. The van der Waals surface area contributed by atoms with E-state index in [1.165, 1.54) is 0 Å². The third kappa shape index (κ3) is 2.64. The quantitative estimate of drug-likeness (QED) is 0.588. The summed E-state index contributed by atoms with van der Waals surface area (Å²) in [6.07, 6.45) is 3.66. The third-order valence-corrected chi connectivity index (χ3v) is 4.42. The molecular formula is C15H23N3O2S. The number of hydrogen-bond acceptors (Lipinski definition) is 4. The molecule has 6 heteroatoms. The Morgan fingerprint density at radius 2 is 1.95 bits per heavy atom. The van der Waals surface area contributed by atoms with Crippen LogP contribution in [0, 0.1) is 0 Å². The van der Waals surface area contributed by atoms with E-state index in [0.717, 1.165) is 12.4 Å². The minimum Gasteiger partial charge on any atom is -0.477 e. The number of carbonyl (C=O) groups is 1. The molecular weight excluding hydrogens is 286 g/mol. The summed E-state index contributed by atoms with van der Waals surface area (Å²) in [4.78, 5) is 17.8. The molecule has 0 aromatic carbocycles. The fourth-order valence-corrected chi connectivity index (χ4v) is 3.00. The third-order valence-electron chi connectivity index (χ3n) is 3.93. The molecule has 2 fully saturated rings. The van der Waals surface area contributed by atoms with Crippen molar-refractivity contribution in [3.63, 3.8) is 0 Å². The van der Waals surface area contributed by atoms with Gasteiger partial charge in [0.2, 0.25) is 0 Å². The Bertz CT molecular complexity index is 525. The molecule has 1 amide bonds. The number of hydrogen-bond donors (Lipinski definition) is 0. The Morgan fingerprint density at radius 3 is 2.48 bits per heavy atom. The maximum absolute atomic E-state index is 12.3. The van der Waals surface area contributed by atoms with E-state index < -0.39 is 0 Å². The van der Waals surface area contributed by atoms with Crippen molar-refractivity contribution in [1.82, 2.24) is 14.7 Å². The van der Waals surface area contributed by atoms with Crippen molar-refractivity contribution in [3.8, 4) is 0 Å². The van der Waals surface area contributed by atoms with Crippen LogP contribution in [0.3, 0.4) is 0 Å². The van der Waals surface area contributed by atoms with Gasteiger partial charge < -0.3 is 14.5 Å². The highest BCUT2D eigenvalue weighted by atomic mass is 32.1. The second-order valence-electron chi connectivity index (χ2n) is 5.79. The zero-order chi connectivity index (χ0) is 15.8. The Balaban J connectivity index is 2.27. The van der Waals surface area contributed by atoms with Crippen LogP contribution in [0.15, 0.2) is 23.7 Å². The smallest absolute Gasteiger partial charge is 0.276 e. The van der Waals surface area contributed by atoms with E-state index in [9.17, 15) is 4.79 Å². The van der Waals surface area contributed by atoms with Crippen molar-refractivity contribution >= 4 is 23.2 Å². The molecule has 2 saturated heterocycles. The minimum atomic E-state index is -0.0536. The average Bonchev–Trinajstić information content (AvgIpc) is 2.83. The molecule has 5 nitrogen and oxygen atoms in total. The van der Waals surface area contributed by atoms with Gasteiger partial charge in [0, 0.05) is 26.2 Å². The number of rotatable bonds is 3. The molecule has 2 aliphatic heterocycles. The van der Waals surface area contributed by atoms with Gasteiger partial charge in [0.1, 0.15) is 12.3 Å². The summed E-state index contributed by atoms with van der Waals surface area (Å²) in [7, 11) is 1.82. The number of carbonyl (C=O) groups excluding carboxylic acids is 1. The van der Waals surface area contributed by atoms with Crippen LogP contribution in [0.2, 0.25) is 0 Å². The summed E-state index contributed by atoms with van der Waals surface area (Å²) >= 11 is 5.28.